The van der Waals surface area contributed by atoms with Gasteiger partial charge in [-0.2, -0.15) is 10.4 Å². The molecular formula is C32H35N7O9. The number of aryl methyl sites for hydroxylation is 1. The van der Waals surface area contributed by atoms with E-state index >= 15 is 0 Å². The molecule has 0 aliphatic carbocycles. The van der Waals surface area contributed by atoms with E-state index < -0.39 is 11.9 Å². The van der Waals surface area contributed by atoms with Crippen LogP contribution >= 0.6 is 0 Å². The number of nitriles is 1. The lowest BCUT2D eigenvalue weighted by atomic mass is 10.2. The van der Waals surface area contributed by atoms with Crippen LogP contribution in [0.5, 0.6) is 17.2 Å². The highest BCUT2D eigenvalue weighted by atomic mass is 16.5. The van der Waals surface area contributed by atoms with Crippen LogP contribution in [0.15, 0.2) is 65.5 Å². The number of nitrogen functional groups attached to an aromatic ring is 2. The number of ketones is 1. The number of fused-ring (bicyclic) bond motifs is 3. The van der Waals surface area contributed by atoms with Gasteiger partial charge in [-0.05, 0) is 68.4 Å². The molecule has 0 spiro atoms. The number of Topliss-reactive ketones (excluding diaryl/α,β-unsaturated/α-hetero) is 1. The Balaban J connectivity index is 0.000000235. The number of nitrogens with two attached hydrogens (primary N) is 2. The number of nitrogens with zero attached hydrogens (tertiary/aromatic N) is 3. The molecular weight excluding hydrogens is 626 g/mol. The predicted octanol–water partition coefficient (Wildman–Crippen LogP) is 3.64. The first-order valence-electron chi connectivity index (χ1n) is 13.8. The Hall–Kier alpha value is -6.60. The zero-order chi connectivity index (χ0) is 36.0. The third kappa shape index (κ3) is 10.2. The van der Waals surface area contributed by atoms with Crippen LogP contribution in [0.1, 0.15) is 39.8 Å². The number of benzene rings is 3. The Labute approximate surface area is 274 Å². The van der Waals surface area contributed by atoms with E-state index in [9.17, 15) is 19.2 Å². The van der Waals surface area contributed by atoms with Crippen molar-refractivity contribution < 1.29 is 38.8 Å². The van der Waals surface area contributed by atoms with E-state index in [4.69, 9.17) is 41.3 Å². The summed E-state index contributed by atoms with van der Waals surface area (Å²) < 4.78 is 16.6. The first kappa shape index (κ1) is 37.6. The highest BCUT2D eigenvalue weighted by Crippen LogP contribution is 2.21. The van der Waals surface area contributed by atoms with Crippen molar-refractivity contribution in [2.75, 3.05) is 32.5 Å². The van der Waals surface area contributed by atoms with Gasteiger partial charge in [-0.3, -0.25) is 15.4 Å². The Kier molecular flexibility index (Phi) is 13.9. The quantitative estimate of drug-likeness (QED) is 0.0827. The number of nitrogens with one attached hydrogen (secondary N) is 2. The number of aromatic carboxylic acids is 2. The van der Waals surface area contributed by atoms with E-state index in [2.05, 4.69) is 15.5 Å². The highest BCUT2D eigenvalue weighted by molar-refractivity contribution is 5.95. The number of carboxylic acids is 2. The largest absolute Gasteiger partial charge is 0.497 e. The highest BCUT2D eigenvalue weighted by Gasteiger charge is 2.11. The average Bonchev–Trinajstić information content (AvgIpc) is 3.45. The molecule has 0 saturated heterocycles. The van der Waals surface area contributed by atoms with Crippen molar-refractivity contribution >= 4 is 45.6 Å². The van der Waals surface area contributed by atoms with Crippen LogP contribution in [0.2, 0.25) is 0 Å². The lowest BCUT2D eigenvalue weighted by Crippen LogP contribution is -2.11. The van der Waals surface area contributed by atoms with Gasteiger partial charge in [0.25, 0.3) is 5.56 Å². The Morgan fingerprint density at radius 2 is 1.46 bits per heavy atom. The molecule has 8 N–H and O–H groups in total. The minimum Gasteiger partial charge on any atom is -0.497 e. The molecule has 2 aromatic heterocycles. The maximum atomic E-state index is 11.9. The number of ether oxygens (including phenoxy) is 3. The van der Waals surface area contributed by atoms with E-state index in [1.54, 1.807) is 42.0 Å². The summed E-state index contributed by atoms with van der Waals surface area (Å²) in [4.78, 5) is 45.8. The molecule has 0 unspecified atom stereocenters. The second-order valence-corrected chi connectivity index (χ2v) is 9.58. The fraction of sp³-hybridized carbons (Fsp3) is 0.188. The average molecular weight is 662 g/mol. The molecule has 0 bridgehead atoms. The first-order valence-corrected chi connectivity index (χ1v) is 13.8. The predicted molar refractivity (Wildman–Crippen MR) is 178 cm³/mol. The Morgan fingerprint density at radius 3 is 1.96 bits per heavy atom. The number of aromatic nitrogens is 3. The summed E-state index contributed by atoms with van der Waals surface area (Å²) in [5.41, 5.74) is 10.7. The number of H-pyrrole nitrogens is 1. The number of hydrogen-bond donors (Lipinski definition) is 6. The maximum absolute atomic E-state index is 11.9. The van der Waals surface area contributed by atoms with Crippen LogP contribution in [-0.2, 0) is 4.79 Å². The van der Waals surface area contributed by atoms with Crippen LogP contribution in [0, 0.1) is 18.3 Å². The summed E-state index contributed by atoms with van der Waals surface area (Å²) >= 11 is 0. The van der Waals surface area contributed by atoms with Crippen LogP contribution < -0.4 is 36.8 Å². The van der Waals surface area contributed by atoms with Crippen molar-refractivity contribution in [3.05, 3.63) is 87.8 Å². The zero-order valence-electron chi connectivity index (χ0n) is 26.7. The van der Waals surface area contributed by atoms with Crippen molar-refractivity contribution in [2.45, 2.75) is 20.3 Å². The minimum atomic E-state index is -1.05. The Morgan fingerprint density at radius 1 is 0.917 bits per heavy atom. The molecule has 16 heteroatoms. The monoisotopic (exact) mass is 661 g/mol. The number of carbonyl (C=O) groups excluding carboxylic acids is 1. The number of carbonyl (C=O) groups is 3. The van der Waals surface area contributed by atoms with Gasteiger partial charge in [0.15, 0.2) is 0 Å². The molecule has 0 amide bonds. The number of anilines is 2. The molecule has 0 aliphatic heterocycles. The molecule has 0 fully saturated rings. The summed E-state index contributed by atoms with van der Waals surface area (Å²) in [6, 6.07) is 18.0. The third-order valence-electron chi connectivity index (χ3n) is 6.18. The number of hydrazine groups is 1. The Bertz CT molecular complexity index is 2010. The topological polar surface area (TPSA) is 257 Å². The number of methoxy groups -OCH3 is 3. The minimum absolute atomic E-state index is 0.0417. The van der Waals surface area contributed by atoms with Gasteiger partial charge in [0.2, 0.25) is 0 Å². The van der Waals surface area contributed by atoms with Crippen LogP contribution in [0.25, 0.3) is 16.6 Å². The smallest absolute Gasteiger partial charge is 0.337 e. The van der Waals surface area contributed by atoms with Crippen molar-refractivity contribution in [1.29, 1.82) is 5.26 Å². The molecule has 0 radical (unpaired) electrons. The fourth-order valence-corrected chi connectivity index (χ4v) is 3.88. The number of rotatable bonds is 7. The van der Waals surface area contributed by atoms with E-state index in [0.717, 1.165) is 11.2 Å². The van der Waals surface area contributed by atoms with Gasteiger partial charge in [0.05, 0.1) is 67.2 Å². The van der Waals surface area contributed by atoms with Crippen molar-refractivity contribution in [2.24, 2.45) is 5.84 Å². The number of aromatic amines is 1. The molecule has 0 aliphatic rings. The van der Waals surface area contributed by atoms with Gasteiger partial charge in [0.1, 0.15) is 28.7 Å². The van der Waals surface area contributed by atoms with Crippen LogP contribution in [-0.4, -0.2) is 63.9 Å². The molecule has 252 valence electrons. The molecule has 48 heavy (non-hydrogen) atoms. The third-order valence-corrected chi connectivity index (χ3v) is 6.18. The lowest BCUT2D eigenvalue weighted by Gasteiger charge is -2.06. The summed E-state index contributed by atoms with van der Waals surface area (Å²) in [5, 5.41) is 30.1. The van der Waals surface area contributed by atoms with E-state index in [-0.39, 0.29) is 34.6 Å². The summed E-state index contributed by atoms with van der Waals surface area (Å²) in [7, 11) is 4.51. The molecule has 0 atom stereocenters. The SMILES string of the molecule is CC(=O)CC#N.COc1ccc(N)c(C(=O)O)c1.COc1ccc(NN)c(C(=O)O)c1.COc1ccc2c(c1)c(=O)[nH]c1cc(C)nn12. The second kappa shape index (κ2) is 17.8. The van der Waals surface area contributed by atoms with E-state index in [1.165, 1.54) is 39.3 Å². The fourth-order valence-electron chi connectivity index (χ4n) is 3.88. The number of hydrogen-bond acceptors (Lipinski definition) is 12. The lowest BCUT2D eigenvalue weighted by molar-refractivity contribution is -0.116. The second-order valence-electron chi connectivity index (χ2n) is 9.58. The summed E-state index contributed by atoms with van der Waals surface area (Å²) in [6.07, 6.45) is 0.0417. The van der Waals surface area contributed by atoms with Gasteiger partial charge in [-0.25, -0.2) is 14.1 Å². The molecule has 5 rings (SSSR count). The number of carboxylic acid groups (broad SMARTS) is 2. The standard InChI is InChI=1S/C12H11N3O2.C8H10N2O3.C8H9NO3.C4H5NO/c1-7-5-11-13-12(16)9-6-8(17-2)3-4-10(9)15(11)14-7;1-13-5-2-3-7(10-9)6(4-5)8(11)12;1-12-5-2-3-7(9)6(4-5)8(10)11;1-4(6)2-3-5/h3-6H,1-2H3,(H,13,16);2-4,10H,9H2,1H3,(H,11,12);2-4H,9H2,1H3,(H,10,11);2H2,1H3. The molecule has 0 saturated carbocycles. The van der Waals surface area contributed by atoms with Crippen molar-refractivity contribution in [1.82, 2.24) is 14.6 Å². The van der Waals surface area contributed by atoms with Crippen molar-refractivity contribution in [3.63, 3.8) is 0 Å². The van der Waals surface area contributed by atoms with E-state index in [0.29, 0.717) is 34.0 Å². The van der Waals surface area contributed by atoms with Gasteiger partial charge in [-0.1, -0.05) is 0 Å². The van der Waals surface area contributed by atoms with E-state index in [1.807, 2.05) is 25.1 Å². The van der Waals surface area contributed by atoms with Gasteiger partial charge in [0, 0.05) is 11.8 Å². The maximum Gasteiger partial charge on any atom is 0.337 e. The van der Waals surface area contributed by atoms with Crippen molar-refractivity contribution in [3.8, 4) is 23.3 Å². The van der Waals surface area contributed by atoms with Gasteiger partial charge < -0.3 is 40.6 Å². The zero-order valence-corrected chi connectivity index (χ0v) is 26.7. The summed E-state index contributed by atoms with van der Waals surface area (Å²) in [6.45, 7) is 3.28. The molecule has 16 nitrogen and oxygen atoms in total. The molecule has 2 heterocycles. The first-order chi connectivity index (χ1) is 22.8. The molecule has 5 aromatic rings. The molecule has 3 aromatic carbocycles. The van der Waals surface area contributed by atoms with Crippen LogP contribution in [0.3, 0.4) is 0 Å². The van der Waals surface area contributed by atoms with Crippen LogP contribution in [0.4, 0.5) is 11.4 Å². The summed E-state index contributed by atoms with van der Waals surface area (Å²) in [5.74, 6) is 4.58. The van der Waals surface area contributed by atoms with Gasteiger partial charge >= 0.3 is 11.9 Å². The van der Waals surface area contributed by atoms with Gasteiger partial charge in [-0.15, -0.1) is 0 Å². The normalized spacial score (nSPS) is 9.69.